The first-order valence-corrected chi connectivity index (χ1v) is 11.4. The van der Waals surface area contributed by atoms with Gasteiger partial charge in [0.2, 0.25) is 5.91 Å². The van der Waals surface area contributed by atoms with Crippen LogP contribution < -0.4 is 10.1 Å². The molecule has 1 atom stereocenters. The van der Waals surface area contributed by atoms with Crippen molar-refractivity contribution < 1.29 is 9.53 Å². The summed E-state index contributed by atoms with van der Waals surface area (Å²) in [5, 5.41) is 3.41. The predicted octanol–water partition coefficient (Wildman–Crippen LogP) is 2.05. The van der Waals surface area contributed by atoms with E-state index in [1.807, 2.05) is 35.2 Å². The van der Waals surface area contributed by atoms with Gasteiger partial charge in [-0.3, -0.25) is 14.7 Å². The maximum Gasteiger partial charge on any atom is 0.239 e. The predicted molar refractivity (Wildman–Crippen MR) is 121 cm³/mol. The van der Waals surface area contributed by atoms with Gasteiger partial charge in [0.25, 0.3) is 0 Å². The van der Waals surface area contributed by atoms with Crippen LogP contribution in [0.5, 0.6) is 5.75 Å². The molecule has 0 aromatic heterocycles. The fourth-order valence-electron chi connectivity index (χ4n) is 4.06. The van der Waals surface area contributed by atoms with Crippen LogP contribution in [0.3, 0.4) is 0 Å². The van der Waals surface area contributed by atoms with E-state index < -0.39 is 0 Å². The van der Waals surface area contributed by atoms with Crippen molar-refractivity contribution in [3.63, 3.8) is 0 Å². The molecule has 0 radical (unpaired) electrons. The second-order valence-corrected chi connectivity index (χ2v) is 7.98. The summed E-state index contributed by atoms with van der Waals surface area (Å²) in [7, 11) is 0. The van der Waals surface area contributed by atoms with Gasteiger partial charge >= 0.3 is 0 Å². The highest BCUT2D eigenvalue weighted by molar-refractivity contribution is 5.82. The SMILES string of the molecule is CCNC(=NCCCOc1ccccc1)N1CCN(C(C)C(=O)N2CCCC2)CC1. The fraction of sp³-hybridized carbons (Fsp3) is 0.652. The fourth-order valence-corrected chi connectivity index (χ4v) is 4.06. The first kappa shape index (κ1) is 22.4. The summed E-state index contributed by atoms with van der Waals surface area (Å²) in [5.41, 5.74) is 0. The number of likely N-dealkylation sites (tertiary alicyclic amines) is 1. The number of guanidine groups is 1. The Morgan fingerprint density at radius 1 is 1.07 bits per heavy atom. The number of ether oxygens (including phenoxy) is 1. The highest BCUT2D eigenvalue weighted by atomic mass is 16.5. The van der Waals surface area contributed by atoms with Crippen molar-refractivity contribution in [3.05, 3.63) is 30.3 Å². The van der Waals surface area contributed by atoms with Crippen LogP contribution in [0.25, 0.3) is 0 Å². The molecule has 0 aliphatic carbocycles. The molecule has 7 nitrogen and oxygen atoms in total. The minimum Gasteiger partial charge on any atom is -0.494 e. The topological polar surface area (TPSA) is 60.4 Å². The summed E-state index contributed by atoms with van der Waals surface area (Å²) < 4.78 is 5.75. The van der Waals surface area contributed by atoms with E-state index in [0.29, 0.717) is 12.5 Å². The number of hydrogen-bond donors (Lipinski definition) is 1. The zero-order chi connectivity index (χ0) is 21.2. The molecule has 2 fully saturated rings. The molecule has 0 bridgehead atoms. The molecule has 7 heteroatoms. The highest BCUT2D eigenvalue weighted by Gasteiger charge is 2.30. The third-order valence-corrected chi connectivity index (χ3v) is 5.85. The number of hydrogen-bond acceptors (Lipinski definition) is 4. The quantitative estimate of drug-likeness (QED) is 0.400. The number of piperazine rings is 1. The molecule has 0 spiro atoms. The van der Waals surface area contributed by atoms with Crippen LogP contribution in [0.1, 0.15) is 33.1 Å². The van der Waals surface area contributed by atoms with Crippen LogP contribution in [0.15, 0.2) is 35.3 Å². The lowest BCUT2D eigenvalue weighted by atomic mass is 10.2. The Morgan fingerprint density at radius 2 is 1.77 bits per heavy atom. The monoisotopic (exact) mass is 415 g/mol. The van der Waals surface area contributed by atoms with Gasteiger partial charge in [0.1, 0.15) is 5.75 Å². The zero-order valence-electron chi connectivity index (χ0n) is 18.6. The van der Waals surface area contributed by atoms with Crippen molar-refractivity contribution in [2.24, 2.45) is 4.99 Å². The Morgan fingerprint density at radius 3 is 2.43 bits per heavy atom. The zero-order valence-corrected chi connectivity index (χ0v) is 18.6. The second-order valence-electron chi connectivity index (χ2n) is 7.98. The molecule has 1 amide bonds. The van der Waals surface area contributed by atoms with Crippen LogP contribution in [0, 0.1) is 0 Å². The molecule has 1 aromatic rings. The smallest absolute Gasteiger partial charge is 0.239 e. The summed E-state index contributed by atoms with van der Waals surface area (Å²) in [4.78, 5) is 24.1. The lowest BCUT2D eigenvalue weighted by molar-refractivity contribution is -0.135. The number of nitrogens with zero attached hydrogens (tertiary/aromatic N) is 4. The minimum atomic E-state index is -0.0279. The average Bonchev–Trinajstić information content (AvgIpc) is 3.33. The summed E-state index contributed by atoms with van der Waals surface area (Å²) >= 11 is 0. The molecule has 1 aromatic carbocycles. The average molecular weight is 416 g/mol. The Hall–Kier alpha value is -2.28. The van der Waals surface area contributed by atoms with Crippen molar-refractivity contribution in [1.29, 1.82) is 0 Å². The number of benzene rings is 1. The molecular formula is C23H37N5O2. The van der Waals surface area contributed by atoms with Crippen LogP contribution in [0.2, 0.25) is 0 Å². The van der Waals surface area contributed by atoms with E-state index in [-0.39, 0.29) is 6.04 Å². The highest BCUT2D eigenvalue weighted by Crippen LogP contribution is 2.14. The van der Waals surface area contributed by atoms with Gasteiger partial charge in [0.15, 0.2) is 5.96 Å². The molecule has 3 rings (SSSR count). The number of aliphatic imine (C=N–C) groups is 1. The largest absolute Gasteiger partial charge is 0.494 e. The van der Waals surface area contributed by atoms with Crippen LogP contribution in [0.4, 0.5) is 0 Å². The standard InChI is InChI=1S/C23H37N5O2/c1-3-24-23(25-12-9-19-30-21-10-5-4-6-11-21)28-17-15-26(16-18-28)20(2)22(29)27-13-7-8-14-27/h4-6,10-11,20H,3,7-9,12-19H2,1-2H3,(H,24,25). The van der Waals surface area contributed by atoms with E-state index >= 15 is 0 Å². The Kier molecular flexibility index (Phi) is 8.81. The van der Waals surface area contributed by atoms with Gasteiger partial charge in [0.05, 0.1) is 12.6 Å². The van der Waals surface area contributed by atoms with Crippen LogP contribution in [-0.4, -0.2) is 91.6 Å². The van der Waals surface area contributed by atoms with Gasteiger partial charge in [-0.25, -0.2) is 0 Å². The summed E-state index contributed by atoms with van der Waals surface area (Å²) in [6.07, 6.45) is 3.17. The summed E-state index contributed by atoms with van der Waals surface area (Å²) in [6.45, 7) is 11.8. The van der Waals surface area contributed by atoms with E-state index in [1.54, 1.807) is 0 Å². The van der Waals surface area contributed by atoms with Crippen molar-refractivity contribution in [3.8, 4) is 5.75 Å². The lowest BCUT2D eigenvalue weighted by Gasteiger charge is -2.39. The molecule has 2 heterocycles. The third kappa shape index (κ3) is 6.36. The number of carbonyl (C=O) groups excluding carboxylic acids is 1. The lowest BCUT2D eigenvalue weighted by Crippen LogP contribution is -2.57. The number of carbonyl (C=O) groups is 1. The molecular weight excluding hydrogens is 378 g/mol. The van der Waals surface area contributed by atoms with Gasteiger partial charge in [0, 0.05) is 58.8 Å². The van der Waals surface area contributed by atoms with E-state index in [1.165, 1.54) is 0 Å². The van der Waals surface area contributed by atoms with Crippen LogP contribution >= 0.6 is 0 Å². The van der Waals surface area contributed by atoms with Gasteiger partial charge in [-0.05, 0) is 38.8 Å². The van der Waals surface area contributed by atoms with E-state index in [0.717, 1.165) is 83.3 Å². The van der Waals surface area contributed by atoms with Gasteiger partial charge in [-0.15, -0.1) is 0 Å². The van der Waals surface area contributed by atoms with Crippen LogP contribution in [-0.2, 0) is 4.79 Å². The van der Waals surface area contributed by atoms with Crippen molar-refractivity contribution in [2.75, 3.05) is 59.0 Å². The van der Waals surface area contributed by atoms with Gasteiger partial charge < -0.3 is 19.9 Å². The molecule has 2 saturated heterocycles. The number of rotatable bonds is 8. The Balaban J connectivity index is 1.42. The van der Waals surface area contributed by atoms with E-state index in [4.69, 9.17) is 9.73 Å². The van der Waals surface area contributed by atoms with E-state index in [2.05, 4.69) is 29.0 Å². The molecule has 166 valence electrons. The normalized spacial score (nSPS) is 19.1. The van der Waals surface area contributed by atoms with Crippen molar-refractivity contribution in [2.45, 2.75) is 39.2 Å². The molecule has 2 aliphatic heterocycles. The number of nitrogens with one attached hydrogen (secondary N) is 1. The van der Waals surface area contributed by atoms with Crippen molar-refractivity contribution in [1.82, 2.24) is 20.0 Å². The molecule has 1 N–H and O–H groups in total. The number of amides is 1. The van der Waals surface area contributed by atoms with Crippen molar-refractivity contribution >= 4 is 11.9 Å². The first-order chi connectivity index (χ1) is 14.7. The summed E-state index contributed by atoms with van der Waals surface area (Å²) in [5.74, 6) is 2.16. The maximum atomic E-state index is 12.7. The third-order valence-electron chi connectivity index (χ3n) is 5.85. The summed E-state index contributed by atoms with van der Waals surface area (Å²) in [6, 6.07) is 9.87. The molecule has 0 saturated carbocycles. The molecule has 2 aliphatic rings. The minimum absolute atomic E-state index is 0.0279. The Labute approximate surface area is 181 Å². The first-order valence-electron chi connectivity index (χ1n) is 11.4. The second kappa shape index (κ2) is 11.8. The molecule has 1 unspecified atom stereocenters. The van der Waals surface area contributed by atoms with Gasteiger partial charge in [-0.2, -0.15) is 0 Å². The molecule has 30 heavy (non-hydrogen) atoms. The maximum absolute atomic E-state index is 12.7. The Bertz CT molecular complexity index is 667. The van der Waals surface area contributed by atoms with E-state index in [9.17, 15) is 4.79 Å². The van der Waals surface area contributed by atoms with Gasteiger partial charge in [-0.1, -0.05) is 18.2 Å². The number of para-hydroxylation sites is 1.